The maximum absolute atomic E-state index is 4.75. The van der Waals surface area contributed by atoms with Gasteiger partial charge in [0.05, 0.1) is 5.69 Å². The minimum Gasteiger partial charge on any atom is -0.324 e. The summed E-state index contributed by atoms with van der Waals surface area (Å²) in [4.78, 5) is 5.82. The van der Waals surface area contributed by atoms with Crippen molar-refractivity contribution in [1.82, 2.24) is 4.57 Å². The lowest BCUT2D eigenvalue weighted by Gasteiger charge is -2.03. The average Bonchev–Trinajstić information content (AvgIpc) is 2.71. The van der Waals surface area contributed by atoms with Crippen molar-refractivity contribution in [2.24, 2.45) is 4.99 Å². The quantitative estimate of drug-likeness (QED) is 0.755. The largest absolute Gasteiger partial charge is 0.324 e. The molecule has 0 radical (unpaired) electrons. The van der Waals surface area contributed by atoms with Crippen molar-refractivity contribution in [3.05, 3.63) is 45.7 Å². The second-order valence-corrected chi connectivity index (χ2v) is 4.70. The van der Waals surface area contributed by atoms with Gasteiger partial charge in [0.25, 0.3) is 0 Å². The molecule has 0 spiro atoms. The lowest BCUT2D eigenvalue weighted by molar-refractivity contribution is 0.736. The van der Waals surface area contributed by atoms with E-state index in [2.05, 4.69) is 55.1 Å². The Kier molecular flexibility index (Phi) is 3.25. The van der Waals surface area contributed by atoms with Gasteiger partial charge in [-0.25, -0.2) is 4.99 Å². The van der Waals surface area contributed by atoms with Gasteiger partial charge < -0.3 is 4.57 Å². The summed E-state index contributed by atoms with van der Waals surface area (Å²) in [6, 6.07) is 6.29. The number of para-hydroxylation sites is 1. The molecule has 0 amide bonds. The van der Waals surface area contributed by atoms with Gasteiger partial charge in [0, 0.05) is 18.1 Å². The number of hydrogen-bond acceptors (Lipinski definition) is 2. The van der Waals surface area contributed by atoms with Crippen LogP contribution in [0.15, 0.2) is 34.8 Å². The third kappa shape index (κ3) is 2.09. The van der Waals surface area contributed by atoms with Crippen molar-refractivity contribution < 1.29 is 0 Å². The van der Waals surface area contributed by atoms with Crippen LogP contribution in [-0.4, -0.2) is 4.57 Å². The fourth-order valence-corrected chi connectivity index (χ4v) is 2.50. The summed E-state index contributed by atoms with van der Waals surface area (Å²) in [6.07, 6.45) is 2.08. The molecule has 1 aromatic heterocycles. The van der Waals surface area contributed by atoms with Gasteiger partial charge in [-0.2, -0.15) is 0 Å². The molecule has 0 aliphatic rings. The van der Waals surface area contributed by atoms with Crippen LogP contribution in [0, 0.1) is 13.8 Å². The minimum absolute atomic E-state index is 0.966. The van der Waals surface area contributed by atoms with Gasteiger partial charge in [-0.05, 0) is 31.9 Å². The first-order valence-corrected chi connectivity index (χ1v) is 6.35. The van der Waals surface area contributed by atoms with E-state index < -0.39 is 0 Å². The normalized spacial score (nSPS) is 12.1. The predicted molar refractivity (Wildman–Crippen MR) is 69.1 cm³/mol. The Morgan fingerprint density at radius 3 is 2.56 bits per heavy atom. The average molecular weight is 232 g/mol. The van der Waals surface area contributed by atoms with E-state index in [4.69, 9.17) is 4.99 Å². The number of aryl methyl sites for hydroxylation is 3. The molecule has 0 unspecified atom stereocenters. The maximum atomic E-state index is 4.75. The number of rotatable bonds is 2. The first-order chi connectivity index (χ1) is 7.72. The minimum atomic E-state index is 0.966. The van der Waals surface area contributed by atoms with Crippen LogP contribution >= 0.6 is 11.3 Å². The highest BCUT2D eigenvalue weighted by atomic mass is 32.1. The maximum Gasteiger partial charge on any atom is 0.189 e. The van der Waals surface area contributed by atoms with E-state index >= 15 is 0 Å². The summed E-state index contributed by atoms with van der Waals surface area (Å²) in [5, 5.41) is 2.08. The Balaban J connectivity index is 2.59. The van der Waals surface area contributed by atoms with E-state index in [0.29, 0.717) is 0 Å². The van der Waals surface area contributed by atoms with Crippen molar-refractivity contribution in [1.29, 1.82) is 0 Å². The molecule has 84 valence electrons. The van der Waals surface area contributed by atoms with Crippen LogP contribution in [0.25, 0.3) is 0 Å². The standard InChI is InChI=1S/C13H16N2S/c1-4-15-8-9-16-13(15)14-12-10(2)6-5-7-11(12)3/h5-9H,4H2,1-3H3. The second kappa shape index (κ2) is 4.66. The van der Waals surface area contributed by atoms with E-state index in [1.165, 1.54) is 11.1 Å². The summed E-state index contributed by atoms with van der Waals surface area (Å²) in [5.74, 6) is 0. The molecule has 1 aromatic carbocycles. The Morgan fingerprint density at radius 2 is 1.94 bits per heavy atom. The van der Waals surface area contributed by atoms with E-state index in [0.717, 1.165) is 17.0 Å². The fourth-order valence-electron chi connectivity index (χ4n) is 1.71. The van der Waals surface area contributed by atoms with Crippen molar-refractivity contribution in [3.63, 3.8) is 0 Å². The fraction of sp³-hybridized carbons (Fsp3) is 0.308. The van der Waals surface area contributed by atoms with E-state index in [1.807, 2.05) is 0 Å². The summed E-state index contributed by atoms with van der Waals surface area (Å²) in [5.41, 5.74) is 3.57. The molecular weight excluding hydrogens is 216 g/mol. The van der Waals surface area contributed by atoms with Crippen LogP contribution in [0.4, 0.5) is 5.69 Å². The van der Waals surface area contributed by atoms with E-state index in [1.54, 1.807) is 11.3 Å². The Hall–Kier alpha value is -1.35. The van der Waals surface area contributed by atoms with Gasteiger partial charge in [-0.3, -0.25) is 0 Å². The molecule has 1 heterocycles. The summed E-state index contributed by atoms with van der Waals surface area (Å²) < 4.78 is 2.16. The van der Waals surface area contributed by atoms with Gasteiger partial charge in [-0.15, -0.1) is 11.3 Å². The number of hydrogen-bond donors (Lipinski definition) is 0. The molecule has 2 rings (SSSR count). The highest BCUT2D eigenvalue weighted by Gasteiger charge is 2.00. The lowest BCUT2D eigenvalue weighted by atomic mass is 10.1. The van der Waals surface area contributed by atoms with E-state index in [9.17, 15) is 0 Å². The van der Waals surface area contributed by atoms with Crippen molar-refractivity contribution >= 4 is 17.0 Å². The Morgan fingerprint density at radius 1 is 1.25 bits per heavy atom. The van der Waals surface area contributed by atoms with Gasteiger partial charge in [-0.1, -0.05) is 18.2 Å². The molecule has 0 atom stereocenters. The molecule has 2 aromatic rings. The zero-order chi connectivity index (χ0) is 11.5. The molecule has 0 N–H and O–H groups in total. The SMILES string of the molecule is CCn1ccsc1=Nc1c(C)cccc1C. The topological polar surface area (TPSA) is 17.3 Å². The van der Waals surface area contributed by atoms with Crippen LogP contribution in [-0.2, 0) is 6.54 Å². The van der Waals surface area contributed by atoms with Crippen LogP contribution in [0.2, 0.25) is 0 Å². The predicted octanol–water partition coefficient (Wildman–Crippen LogP) is 3.42. The molecule has 0 fully saturated rings. The molecule has 0 saturated carbocycles. The molecule has 0 saturated heterocycles. The smallest absolute Gasteiger partial charge is 0.189 e. The van der Waals surface area contributed by atoms with Gasteiger partial charge in [0.15, 0.2) is 4.80 Å². The summed E-state index contributed by atoms with van der Waals surface area (Å²) >= 11 is 1.68. The summed E-state index contributed by atoms with van der Waals surface area (Å²) in [7, 11) is 0. The van der Waals surface area contributed by atoms with E-state index in [-0.39, 0.29) is 0 Å². The molecule has 0 aliphatic heterocycles. The second-order valence-electron chi connectivity index (χ2n) is 3.82. The monoisotopic (exact) mass is 232 g/mol. The van der Waals surface area contributed by atoms with Crippen LogP contribution in [0.5, 0.6) is 0 Å². The Labute approximate surface area is 99.9 Å². The molecule has 2 nitrogen and oxygen atoms in total. The highest BCUT2D eigenvalue weighted by Crippen LogP contribution is 2.22. The number of aromatic nitrogens is 1. The van der Waals surface area contributed by atoms with Gasteiger partial charge in [0.2, 0.25) is 0 Å². The zero-order valence-electron chi connectivity index (χ0n) is 9.90. The highest BCUT2D eigenvalue weighted by molar-refractivity contribution is 7.07. The lowest BCUT2D eigenvalue weighted by Crippen LogP contribution is -2.11. The summed E-state index contributed by atoms with van der Waals surface area (Å²) in [6.45, 7) is 7.31. The molecular formula is C13H16N2S. The van der Waals surface area contributed by atoms with Gasteiger partial charge in [0.1, 0.15) is 0 Å². The van der Waals surface area contributed by atoms with Crippen molar-refractivity contribution in [2.45, 2.75) is 27.3 Å². The molecule has 16 heavy (non-hydrogen) atoms. The third-order valence-electron chi connectivity index (χ3n) is 2.65. The van der Waals surface area contributed by atoms with Crippen molar-refractivity contribution in [3.8, 4) is 0 Å². The van der Waals surface area contributed by atoms with Crippen molar-refractivity contribution in [2.75, 3.05) is 0 Å². The molecule has 0 aliphatic carbocycles. The first kappa shape index (κ1) is 11.1. The van der Waals surface area contributed by atoms with Gasteiger partial charge >= 0.3 is 0 Å². The number of nitrogens with zero attached hydrogens (tertiary/aromatic N) is 2. The van der Waals surface area contributed by atoms with Crippen LogP contribution < -0.4 is 4.80 Å². The first-order valence-electron chi connectivity index (χ1n) is 5.47. The van der Waals surface area contributed by atoms with Crippen LogP contribution in [0.1, 0.15) is 18.1 Å². The zero-order valence-corrected chi connectivity index (χ0v) is 10.7. The molecule has 0 bridgehead atoms. The Bertz CT molecular complexity index is 529. The number of benzene rings is 1. The van der Waals surface area contributed by atoms with Crippen LogP contribution in [0.3, 0.4) is 0 Å². The molecule has 3 heteroatoms. The number of thiazole rings is 1. The third-order valence-corrected chi connectivity index (χ3v) is 3.44.